The normalized spacial score (nSPS) is 20.2. The van der Waals surface area contributed by atoms with E-state index in [1.54, 1.807) is 7.11 Å². The summed E-state index contributed by atoms with van der Waals surface area (Å²) in [6.07, 6.45) is 1.08. The second-order valence-corrected chi connectivity index (χ2v) is 6.62. The van der Waals surface area contributed by atoms with E-state index < -0.39 is 0 Å². The van der Waals surface area contributed by atoms with Gasteiger partial charge in [-0.1, -0.05) is 29.4 Å². The number of aliphatic hydroxyl groups is 1. The van der Waals surface area contributed by atoms with Gasteiger partial charge in [-0.2, -0.15) is 0 Å². The number of aliphatic hydroxyl groups excluding tert-OH is 1. The Kier molecular flexibility index (Phi) is 5.50. The molecule has 1 aromatic carbocycles. The molecule has 2 heterocycles. The van der Waals surface area contributed by atoms with E-state index in [1.807, 2.05) is 42.2 Å². The minimum absolute atomic E-state index is 0.00567. The summed E-state index contributed by atoms with van der Waals surface area (Å²) in [5.74, 6) is 1.13. The van der Waals surface area contributed by atoms with Gasteiger partial charge < -0.3 is 19.3 Å². The van der Waals surface area contributed by atoms with Crippen LogP contribution in [0.15, 0.2) is 34.9 Å². The van der Waals surface area contributed by atoms with Gasteiger partial charge in [0.25, 0.3) is 0 Å². The zero-order valence-corrected chi connectivity index (χ0v) is 14.6. The zero-order valence-electron chi connectivity index (χ0n) is 14.6. The van der Waals surface area contributed by atoms with Crippen LogP contribution in [0.5, 0.6) is 0 Å². The summed E-state index contributed by atoms with van der Waals surface area (Å²) in [6, 6.07) is 9.41. The molecule has 2 atom stereocenters. The molecule has 6 nitrogen and oxygen atoms in total. The van der Waals surface area contributed by atoms with Crippen LogP contribution in [0.3, 0.4) is 0 Å². The Morgan fingerprint density at radius 2 is 2.04 bits per heavy atom. The maximum absolute atomic E-state index is 12.6. The number of methoxy groups -OCH3 is 1. The Hall–Kier alpha value is -2.18. The summed E-state index contributed by atoms with van der Waals surface area (Å²) in [4.78, 5) is 14.5. The smallest absolute Gasteiger partial charge is 0.227 e. The molecular formula is C19H24N2O4. The number of ether oxygens (including phenoxy) is 1. The van der Waals surface area contributed by atoms with Crippen molar-refractivity contribution in [3.63, 3.8) is 0 Å². The SMILES string of the molecule is CO[C@H]1CN(C(=O)Cc2ccc(CO)cc2)C[C@H]1Cc1cc(C)no1. The number of aromatic nitrogens is 1. The molecule has 3 rings (SSSR count). The van der Waals surface area contributed by atoms with Crippen LogP contribution >= 0.6 is 0 Å². The van der Waals surface area contributed by atoms with Crippen LogP contribution in [0.25, 0.3) is 0 Å². The zero-order chi connectivity index (χ0) is 17.8. The van der Waals surface area contributed by atoms with Gasteiger partial charge in [0.1, 0.15) is 5.76 Å². The minimum atomic E-state index is 0.00567. The van der Waals surface area contributed by atoms with E-state index in [9.17, 15) is 4.79 Å². The van der Waals surface area contributed by atoms with Crippen LogP contribution in [0, 0.1) is 12.8 Å². The molecule has 1 amide bonds. The number of hydrogen-bond donors (Lipinski definition) is 1. The van der Waals surface area contributed by atoms with Crippen molar-refractivity contribution in [3.05, 3.63) is 52.9 Å². The third-order valence-corrected chi connectivity index (χ3v) is 4.74. The summed E-state index contributed by atoms with van der Waals surface area (Å²) in [5, 5.41) is 13.0. The maximum atomic E-state index is 12.6. The molecule has 1 aliphatic rings. The Morgan fingerprint density at radius 1 is 1.32 bits per heavy atom. The van der Waals surface area contributed by atoms with Gasteiger partial charge in [-0.05, 0) is 18.1 Å². The summed E-state index contributed by atoms with van der Waals surface area (Å²) in [6.45, 7) is 3.17. The van der Waals surface area contributed by atoms with Gasteiger partial charge in [0.2, 0.25) is 5.91 Å². The molecular weight excluding hydrogens is 320 g/mol. The van der Waals surface area contributed by atoms with Gasteiger partial charge in [0.05, 0.1) is 24.8 Å². The molecule has 0 bridgehead atoms. The first-order chi connectivity index (χ1) is 12.1. The first-order valence-corrected chi connectivity index (χ1v) is 8.50. The second-order valence-electron chi connectivity index (χ2n) is 6.62. The van der Waals surface area contributed by atoms with Crippen LogP contribution < -0.4 is 0 Å². The van der Waals surface area contributed by atoms with Crippen molar-refractivity contribution >= 4 is 5.91 Å². The van der Waals surface area contributed by atoms with Crippen molar-refractivity contribution < 1.29 is 19.2 Å². The molecule has 1 aliphatic heterocycles. The van der Waals surface area contributed by atoms with E-state index in [4.69, 9.17) is 14.4 Å². The molecule has 1 saturated heterocycles. The fraction of sp³-hybridized carbons (Fsp3) is 0.474. The third-order valence-electron chi connectivity index (χ3n) is 4.74. The molecule has 0 spiro atoms. The second kappa shape index (κ2) is 7.80. The van der Waals surface area contributed by atoms with Crippen molar-refractivity contribution in [1.29, 1.82) is 0 Å². The minimum Gasteiger partial charge on any atom is -0.392 e. The van der Waals surface area contributed by atoms with Crippen LogP contribution in [-0.2, 0) is 29.0 Å². The van der Waals surface area contributed by atoms with Crippen LogP contribution in [0.2, 0.25) is 0 Å². The van der Waals surface area contributed by atoms with Crippen LogP contribution in [0.4, 0.5) is 0 Å². The van der Waals surface area contributed by atoms with E-state index in [0.29, 0.717) is 25.9 Å². The molecule has 25 heavy (non-hydrogen) atoms. The highest BCUT2D eigenvalue weighted by atomic mass is 16.5. The molecule has 0 aliphatic carbocycles. The Balaban J connectivity index is 1.61. The largest absolute Gasteiger partial charge is 0.392 e. The number of carbonyl (C=O) groups excluding carboxylic acids is 1. The molecule has 1 N–H and O–H groups in total. The molecule has 2 aromatic rings. The standard InChI is InChI=1S/C19H24N2O4/c1-13-7-17(25-20-13)9-16-10-21(11-18(16)24-2)19(23)8-14-3-5-15(12-22)6-4-14/h3-7,16,18,22H,8-12H2,1-2H3/t16-,18+/m1/s1. The van der Waals surface area contributed by atoms with Gasteiger partial charge in [0.15, 0.2) is 0 Å². The summed E-state index contributed by atoms with van der Waals surface area (Å²) in [5.41, 5.74) is 2.66. The number of likely N-dealkylation sites (tertiary alicyclic amines) is 1. The number of aryl methyl sites for hydroxylation is 1. The Labute approximate surface area is 147 Å². The molecule has 0 unspecified atom stereocenters. The van der Waals surface area contributed by atoms with E-state index in [2.05, 4.69) is 5.16 Å². The predicted molar refractivity (Wildman–Crippen MR) is 91.9 cm³/mol. The lowest BCUT2D eigenvalue weighted by atomic mass is 10.0. The number of amides is 1. The van der Waals surface area contributed by atoms with Crippen molar-refractivity contribution in [2.45, 2.75) is 32.5 Å². The van der Waals surface area contributed by atoms with Gasteiger partial charge in [-0.3, -0.25) is 4.79 Å². The summed E-state index contributed by atoms with van der Waals surface area (Å²) >= 11 is 0. The van der Waals surface area contributed by atoms with Crippen molar-refractivity contribution in [3.8, 4) is 0 Å². The van der Waals surface area contributed by atoms with Crippen LogP contribution in [-0.4, -0.2) is 47.4 Å². The molecule has 0 saturated carbocycles. The Morgan fingerprint density at radius 3 is 2.64 bits per heavy atom. The number of carbonyl (C=O) groups is 1. The lowest BCUT2D eigenvalue weighted by Gasteiger charge is -2.16. The predicted octanol–water partition coefficient (Wildman–Crippen LogP) is 1.73. The highest BCUT2D eigenvalue weighted by Gasteiger charge is 2.35. The molecule has 134 valence electrons. The van der Waals surface area contributed by atoms with E-state index in [-0.39, 0.29) is 24.5 Å². The van der Waals surface area contributed by atoms with E-state index in [1.165, 1.54) is 0 Å². The number of rotatable bonds is 6. The average Bonchev–Trinajstić information content (AvgIpc) is 3.22. The van der Waals surface area contributed by atoms with Gasteiger partial charge in [-0.25, -0.2) is 0 Å². The molecule has 6 heteroatoms. The van der Waals surface area contributed by atoms with Crippen molar-refractivity contribution in [2.24, 2.45) is 5.92 Å². The molecule has 1 aromatic heterocycles. The fourth-order valence-corrected chi connectivity index (χ4v) is 3.33. The van der Waals surface area contributed by atoms with Crippen molar-refractivity contribution in [2.75, 3.05) is 20.2 Å². The fourth-order valence-electron chi connectivity index (χ4n) is 3.33. The lowest BCUT2D eigenvalue weighted by Crippen LogP contribution is -2.31. The first-order valence-electron chi connectivity index (χ1n) is 8.50. The monoisotopic (exact) mass is 344 g/mol. The highest BCUT2D eigenvalue weighted by molar-refractivity contribution is 5.79. The number of benzene rings is 1. The highest BCUT2D eigenvalue weighted by Crippen LogP contribution is 2.24. The van der Waals surface area contributed by atoms with Crippen molar-refractivity contribution in [1.82, 2.24) is 10.1 Å². The summed E-state index contributed by atoms with van der Waals surface area (Å²) in [7, 11) is 1.69. The topological polar surface area (TPSA) is 75.8 Å². The number of hydrogen-bond acceptors (Lipinski definition) is 5. The van der Waals surface area contributed by atoms with E-state index >= 15 is 0 Å². The third kappa shape index (κ3) is 4.27. The lowest BCUT2D eigenvalue weighted by molar-refractivity contribution is -0.129. The van der Waals surface area contributed by atoms with E-state index in [0.717, 1.165) is 22.6 Å². The first kappa shape index (κ1) is 17.6. The number of nitrogens with zero attached hydrogens (tertiary/aromatic N) is 2. The van der Waals surface area contributed by atoms with Crippen LogP contribution in [0.1, 0.15) is 22.6 Å². The maximum Gasteiger partial charge on any atom is 0.227 e. The average molecular weight is 344 g/mol. The Bertz CT molecular complexity index is 710. The van der Waals surface area contributed by atoms with Gasteiger partial charge in [0, 0.05) is 38.6 Å². The quantitative estimate of drug-likeness (QED) is 0.864. The molecule has 0 radical (unpaired) electrons. The van der Waals surface area contributed by atoms with Gasteiger partial charge in [-0.15, -0.1) is 0 Å². The molecule has 1 fully saturated rings. The van der Waals surface area contributed by atoms with Gasteiger partial charge >= 0.3 is 0 Å². The summed E-state index contributed by atoms with van der Waals surface area (Å²) < 4.78 is 10.9.